The summed E-state index contributed by atoms with van der Waals surface area (Å²) in [5.74, 6) is 6.82. The van der Waals surface area contributed by atoms with E-state index in [0.29, 0.717) is 0 Å². The van der Waals surface area contributed by atoms with Gasteiger partial charge in [0.05, 0.1) is 17.2 Å². The summed E-state index contributed by atoms with van der Waals surface area (Å²) in [7, 11) is 0. The van der Waals surface area contributed by atoms with Gasteiger partial charge in [0, 0.05) is 40.1 Å². The molecule has 4 aromatic rings. The van der Waals surface area contributed by atoms with E-state index in [1.165, 1.54) is 5.39 Å². The van der Waals surface area contributed by atoms with Crippen molar-refractivity contribution in [3.63, 3.8) is 0 Å². The molecule has 2 heterocycles. The predicted octanol–water partition coefficient (Wildman–Crippen LogP) is 6.21. The third-order valence-electron chi connectivity index (χ3n) is 6.66. The molecule has 160 valence electrons. The van der Waals surface area contributed by atoms with E-state index in [4.69, 9.17) is 0 Å². The van der Waals surface area contributed by atoms with Crippen LogP contribution in [0.1, 0.15) is 48.9 Å². The molecule has 0 amide bonds. The van der Waals surface area contributed by atoms with Crippen LogP contribution in [0.3, 0.4) is 0 Å². The van der Waals surface area contributed by atoms with Gasteiger partial charge in [-0.15, -0.1) is 0 Å². The van der Waals surface area contributed by atoms with Crippen molar-refractivity contribution in [2.45, 2.75) is 45.3 Å². The fraction of sp³-hybridized carbons (Fsp3) is 0.241. The minimum absolute atomic E-state index is 0.0529. The molecule has 1 unspecified atom stereocenters. The maximum absolute atomic E-state index is 11.1. The minimum Gasteiger partial charge on any atom is -0.390 e. The molecule has 0 fully saturated rings. The Bertz CT molecular complexity index is 1370. The van der Waals surface area contributed by atoms with Crippen LogP contribution in [0.15, 0.2) is 66.9 Å². The fourth-order valence-electron chi connectivity index (χ4n) is 4.96. The standard InChI is InChI=1S/C29H28N2O/c1-18-17-24(23-12-8-11-21-15-16-30-27(21)23)22(14-13-20-9-6-5-7-10-20)25-19(2)28(32)29(3,4)31-26(18)25/h5-12,15-17,19,28,30-32H,1-4H3/t19-,28?/m0/s1. The molecular formula is C29H28N2O. The Morgan fingerprint density at radius 2 is 1.72 bits per heavy atom. The molecule has 1 aliphatic heterocycles. The number of fused-ring (bicyclic) bond motifs is 2. The van der Waals surface area contributed by atoms with Crippen LogP contribution in [0.5, 0.6) is 0 Å². The maximum Gasteiger partial charge on any atom is 0.0831 e. The average Bonchev–Trinajstić information content (AvgIpc) is 3.27. The highest BCUT2D eigenvalue weighted by Gasteiger charge is 2.40. The van der Waals surface area contributed by atoms with Gasteiger partial charge in [0.15, 0.2) is 0 Å². The highest BCUT2D eigenvalue weighted by Crippen LogP contribution is 2.46. The van der Waals surface area contributed by atoms with Crippen molar-refractivity contribution < 1.29 is 5.11 Å². The van der Waals surface area contributed by atoms with E-state index in [-0.39, 0.29) is 5.92 Å². The first-order chi connectivity index (χ1) is 15.4. The molecule has 32 heavy (non-hydrogen) atoms. The van der Waals surface area contributed by atoms with Crippen LogP contribution < -0.4 is 5.32 Å². The lowest BCUT2D eigenvalue weighted by molar-refractivity contribution is 0.0868. The second-order valence-corrected chi connectivity index (χ2v) is 9.35. The number of H-pyrrole nitrogens is 1. The van der Waals surface area contributed by atoms with Crippen LogP contribution in [0.2, 0.25) is 0 Å². The van der Waals surface area contributed by atoms with Gasteiger partial charge < -0.3 is 15.4 Å². The number of rotatable bonds is 1. The van der Waals surface area contributed by atoms with Crippen LogP contribution >= 0.6 is 0 Å². The summed E-state index contributed by atoms with van der Waals surface area (Å²) in [6, 6.07) is 20.7. The zero-order chi connectivity index (χ0) is 22.5. The summed E-state index contributed by atoms with van der Waals surface area (Å²) in [6.07, 6.45) is 1.45. The molecule has 1 aliphatic rings. The van der Waals surface area contributed by atoms with Gasteiger partial charge >= 0.3 is 0 Å². The normalized spacial score (nSPS) is 19.0. The first-order valence-corrected chi connectivity index (χ1v) is 11.1. The number of para-hydroxylation sites is 1. The van der Waals surface area contributed by atoms with Crippen molar-refractivity contribution in [1.82, 2.24) is 4.98 Å². The highest BCUT2D eigenvalue weighted by molar-refractivity contribution is 5.97. The van der Waals surface area contributed by atoms with E-state index in [1.807, 2.05) is 36.5 Å². The van der Waals surface area contributed by atoms with Gasteiger partial charge in [0.1, 0.15) is 0 Å². The SMILES string of the molecule is Cc1cc(-c2cccc3cc[nH]c23)c(C#Cc2ccccc2)c2c1NC(C)(C)C(O)[C@H]2C. The third kappa shape index (κ3) is 3.28. The molecule has 0 radical (unpaired) electrons. The van der Waals surface area contributed by atoms with Crippen LogP contribution in [0.4, 0.5) is 5.69 Å². The first-order valence-electron chi connectivity index (χ1n) is 11.1. The molecule has 3 heteroatoms. The number of benzene rings is 3. The minimum atomic E-state index is -0.525. The number of hydrogen-bond acceptors (Lipinski definition) is 2. The molecule has 3 aromatic carbocycles. The van der Waals surface area contributed by atoms with Crippen molar-refractivity contribution in [2.24, 2.45) is 0 Å². The van der Waals surface area contributed by atoms with E-state index < -0.39 is 11.6 Å². The second kappa shape index (κ2) is 7.58. The maximum atomic E-state index is 11.1. The Hall–Kier alpha value is -3.48. The number of aliphatic hydroxyl groups excluding tert-OH is 1. The molecule has 3 N–H and O–H groups in total. The smallest absolute Gasteiger partial charge is 0.0831 e. The Morgan fingerprint density at radius 3 is 2.50 bits per heavy atom. The van der Waals surface area contributed by atoms with Crippen LogP contribution in [-0.4, -0.2) is 21.7 Å². The van der Waals surface area contributed by atoms with Crippen molar-refractivity contribution in [2.75, 3.05) is 5.32 Å². The van der Waals surface area contributed by atoms with Crippen molar-refractivity contribution in [3.05, 3.63) is 89.1 Å². The molecule has 5 rings (SSSR count). The Kier molecular flexibility index (Phi) is 4.84. The summed E-state index contributed by atoms with van der Waals surface area (Å²) in [4.78, 5) is 3.41. The number of anilines is 1. The fourth-order valence-corrected chi connectivity index (χ4v) is 4.96. The molecule has 0 saturated carbocycles. The summed E-state index contributed by atoms with van der Waals surface area (Å²) in [5, 5.41) is 15.9. The van der Waals surface area contributed by atoms with Gasteiger partial charge in [0.25, 0.3) is 0 Å². The molecular weight excluding hydrogens is 392 g/mol. The Balaban J connectivity index is 1.83. The zero-order valence-electron chi connectivity index (χ0n) is 19.0. The van der Waals surface area contributed by atoms with E-state index in [1.54, 1.807) is 0 Å². The van der Waals surface area contributed by atoms with E-state index in [0.717, 1.165) is 44.6 Å². The zero-order valence-corrected chi connectivity index (χ0v) is 19.0. The number of aryl methyl sites for hydroxylation is 1. The third-order valence-corrected chi connectivity index (χ3v) is 6.66. The number of aromatic amines is 1. The monoisotopic (exact) mass is 420 g/mol. The van der Waals surface area contributed by atoms with Crippen LogP contribution in [-0.2, 0) is 0 Å². The first kappa shape index (κ1) is 20.4. The van der Waals surface area contributed by atoms with Gasteiger partial charge in [0.2, 0.25) is 0 Å². The highest BCUT2D eigenvalue weighted by atomic mass is 16.3. The van der Waals surface area contributed by atoms with Gasteiger partial charge in [-0.3, -0.25) is 0 Å². The summed E-state index contributed by atoms with van der Waals surface area (Å²) >= 11 is 0. The second-order valence-electron chi connectivity index (χ2n) is 9.35. The molecule has 3 nitrogen and oxygen atoms in total. The molecule has 0 aliphatic carbocycles. The summed E-state index contributed by atoms with van der Waals surface area (Å²) in [6.45, 7) is 8.36. The molecule has 0 saturated heterocycles. The van der Waals surface area contributed by atoms with Crippen LogP contribution in [0, 0.1) is 18.8 Å². The lowest BCUT2D eigenvalue weighted by Crippen LogP contribution is -2.50. The molecule has 0 spiro atoms. The summed E-state index contributed by atoms with van der Waals surface area (Å²) in [5.41, 5.74) is 8.21. The summed E-state index contributed by atoms with van der Waals surface area (Å²) < 4.78 is 0. The van der Waals surface area contributed by atoms with Crippen molar-refractivity contribution in [1.29, 1.82) is 0 Å². The number of nitrogens with one attached hydrogen (secondary N) is 2. The van der Waals surface area contributed by atoms with E-state index in [9.17, 15) is 5.11 Å². The van der Waals surface area contributed by atoms with E-state index >= 15 is 0 Å². The topological polar surface area (TPSA) is 48.0 Å². The number of hydrogen-bond donors (Lipinski definition) is 3. The largest absolute Gasteiger partial charge is 0.390 e. The van der Waals surface area contributed by atoms with Gasteiger partial charge in [-0.1, -0.05) is 55.2 Å². The molecule has 2 atom stereocenters. The van der Waals surface area contributed by atoms with Crippen molar-refractivity contribution >= 4 is 16.6 Å². The number of aliphatic hydroxyl groups is 1. The average molecular weight is 421 g/mol. The van der Waals surface area contributed by atoms with Gasteiger partial charge in [-0.05, 0) is 61.5 Å². The van der Waals surface area contributed by atoms with Gasteiger partial charge in [-0.25, -0.2) is 0 Å². The van der Waals surface area contributed by atoms with E-state index in [2.05, 4.69) is 80.2 Å². The quantitative estimate of drug-likeness (QED) is 0.321. The Morgan fingerprint density at radius 1 is 0.938 bits per heavy atom. The molecule has 1 aromatic heterocycles. The van der Waals surface area contributed by atoms with Crippen LogP contribution in [0.25, 0.3) is 22.0 Å². The lowest BCUT2D eigenvalue weighted by Gasteiger charge is -2.43. The van der Waals surface area contributed by atoms with Crippen molar-refractivity contribution in [3.8, 4) is 23.0 Å². The lowest BCUT2D eigenvalue weighted by atomic mass is 9.75. The Labute approximate surface area is 189 Å². The number of aromatic nitrogens is 1. The molecule has 0 bridgehead atoms. The predicted molar refractivity (Wildman–Crippen MR) is 133 cm³/mol. The van der Waals surface area contributed by atoms with Gasteiger partial charge in [-0.2, -0.15) is 0 Å².